The molecule has 8 heteroatoms. The molecule has 1 aromatic carbocycles. The van der Waals surface area contributed by atoms with E-state index in [9.17, 15) is 13.6 Å². The van der Waals surface area contributed by atoms with Crippen LogP contribution in [0.25, 0.3) is 0 Å². The number of para-hydroxylation sites is 1. The van der Waals surface area contributed by atoms with Gasteiger partial charge in [0.2, 0.25) is 0 Å². The third-order valence-corrected chi connectivity index (χ3v) is 3.32. The molecule has 0 fully saturated rings. The summed E-state index contributed by atoms with van der Waals surface area (Å²) in [5.74, 6) is 0.423. The van der Waals surface area contributed by atoms with Crippen molar-refractivity contribution in [2.24, 2.45) is 0 Å². The number of rotatable bonds is 6. The highest BCUT2D eigenvalue weighted by Gasteiger charge is 2.21. The summed E-state index contributed by atoms with van der Waals surface area (Å²) in [6, 6.07) is 4.90. The highest BCUT2D eigenvalue weighted by atomic mass is 19.3. The maximum Gasteiger partial charge on any atom is 0.319 e. The fraction of sp³-hybridized carbons (Fsp3) is 0.333. The van der Waals surface area contributed by atoms with Gasteiger partial charge in [0.15, 0.2) is 11.5 Å². The second-order valence-corrected chi connectivity index (χ2v) is 4.73. The quantitative estimate of drug-likeness (QED) is 0.819. The number of ether oxygens (including phenoxy) is 2. The molecule has 23 heavy (non-hydrogen) atoms. The van der Waals surface area contributed by atoms with Crippen molar-refractivity contribution in [3.8, 4) is 11.5 Å². The van der Waals surface area contributed by atoms with Gasteiger partial charge in [-0.1, -0.05) is 6.07 Å². The van der Waals surface area contributed by atoms with Crippen molar-refractivity contribution in [3.05, 3.63) is 42.0 Å². The van der Waals surface area contributed by atoms with Crippen LogP contribution in [0.4, 0.5) is 8.78 Å². The van der Waals surface area contributed by atoms with Crippen molar-refractivity contribution in [2.75, 3.05) is 21.3 Å². The zero-order valence-electron chi connectivity index (χ0n) is 13.0. The van der Waals surface area contributed by atoms with Crippen LogP contribution in [0.5, 0.6) is 11.5 Å². The standard InChI is InChI=1S/C15H17F2N3O3/c1-19(9-12-18-7-8-20(12)15(16)17)14(21)10-5-4-6-11(22-2)13(10)23-3/h4-8,15H,9H2,1-3H3. The van der Waals surface area contributed by atoms with Crippen molar-refractivity contribution in [2.45, 2.75) is 13.1 Å². The summed E-state index contributed by atoms with van der Waals surface area (Å²) in [7, 11) is 4.40. The van der Waals surface area contributed by atoms with Gasteiger partial charge < -0.3 is 14.4 Å². The number of aromatic nitrogens is 2. The molecule has 1 heterocycles. The molecule has 0 radical (unpaired) electrons. The van der Waals surface area contributed by atoms with E-state index < -0.39 is 6.55 Å². The number of nitrogens with zero attached hydrogens (tertiary/aromatic N) is 3. The molecule has 0 unspecified atom stereocenters. The molecular weight excluding hydrogens is 308 g/mol. The Bertz CT molecular complexity index is 688. The normalized spacial score (nSPS) is 10.7. The Hall–Kier alpha value is -2.64. The van der Waals surface area contributed by atoms with Gasteiger partial charge in [-0.2, -0.15) is 8.78 Å². The van der Waals surface area contributed by atoms with Crippen molar-refractivity contribution in [3.63, 3.8) is 0 Å². The Kier molecular flexibility index (Phi) is 5.15. The van der Waals surface area contributed by atoms with Crippen LogP contribution in [0.2, 0.25) is 0 Å². The topological polar surface area (TPSA) is 56.6 Å². The van der Waals surface area contributed by atoms with E-state index in [0.29, 0.717) is 16.1 Å². The average Bonchev–Trinajstić information content (AvgIpc) is 3.01. The summed E-state index contributed by atoms with van der Waals surface area (Å²) in [5.41, 5.74) is 0.282. The number of benzene rings is 1. The molecule has 0 N–H and O–H groups in total. The lowest BCUT2D eigenvalue weighted by atomic mass is 10.1. The Morgan fingerprint density at radius 1 is 1.35 bits per heavy atom. The number of hydrogen-bond acceptors (Lipinski definition) is 4. The molecular formula is C15H17F2N3O3. The van der Waals surface area contributed by atoms with E-state index in [-0.39, 0.29) is 23.8 Å². The second-order valence-electron chi connectivity index (χ2n) is 4.73. The summed E-state index contributed by atoms with van der Waals surface area (Å²) in [4.78, 5) is 17.7. The largest absolute Gasteiger partial charge is 0.493 e. The van der Waals surface area contributed by atoms with Crippen LogP contribution in [0.1, 0.15) is 22.7 Å². The summed E-state index contributed by atoms with van der Waals surface area (Å²) in [6.07, 6.45) is 2.44. The number of methoxy groups -OCH3 is 2. The number of hydrogen-bond donors (Lipinski definition) is 0. The maximum absolute atomic E-state index is 12.8. The van der Waals surface area contributed by atoms with Crippen LogP contribution in [0.15, 0.2) is 30.6 Å². The lowest BCUT2D eigenvalue weighted by Crippen LogP contribution is -2.28. The first kappa shape index (κ1) is 16.7. The van der Waals surface area contributed by atoms with Crippen molar-refractivity contribution < 1.29 is 23.0 Å². The van der Waals surface area contributed by atoms with E-state index in [1.165, 1.54) is 38.6 Å². The first-order chi connectivity index (χ1) is 11.0. The van der Waals surface area contributed by atoms with Crippen LogP contribution in [-0.2, 0) is 6.54 Å². The number of halogens is 2. The number of amides is 1. The Balaban J connectivity index is 2.25. The smallest absolute Gasteiger partial charge is 0.319 e. The number of carbonyl (C=O) groups is 1. The molecule has 0 spiro atoms. The number of carbonyl (C=O) groups excluding carboxylic acids is 1. The summed E-state index contributed by atoms with van der Waals surface area (Å²) in [5, 5.41) is 0. The van der Waals surface area contributed by atoms with Crippen LogP contribution < -0.4 is 9.47 Å². The van der Waals surface area contributed by atoms with E-state index in [0.717, 1.165) is 0 Å². The number of alkyl halides is 2. The van der Waals surface area contributed by atoms with Crippen LogP contribution in [-0.4, -0.2) is 41.6 Å². The Morgan fingerprint density at radius 3 is 2.70 bits per heavy atom. The summed E-state index contributed by atoms with van der Waals surface area (Å²) in [6.45, 7) is -2.77. The van der Waals surface area contributed by atoms with Gasteiger partial charge in [-0.25, -0.2) is 4.98 Å². The van der Waals surface area contributed by atoms with Crippen molar-refractivity contribution >= 4 is 5.91 Å². The fourth-order valence-electron chi connectivity index (χ4n) is 2.19. The molecule has 1 amide bonds. The fourth-order valence-corrected chi connectivity index (χ4v) is 2.19. The van der Waals surface area contributed by atoms with Gasteiger partial charge in [0.05, 0.1) is 26.3 Å². The predicted molar refractivity (Wildman–Crippen MR) is 78.8 cm³/mol. The van der Waals surface area contributed by atoms with Gasteiger partial charge in [0, 0.05) is 19.4 Å². The Labute approximate surface area is 132 Å². The monoisotopic (exact) mass is 325 g/mol. The summed E-state index contributed by atoms with van der Waals surface area (Å²) < 4.78 is 36.8. The minimum atomic E-state index is -2.71. The molecule has 2 rings (SSSR count). The van der Waals surface area contributed by atoms with Gasteiger partial charge >= 0.3 is 6.55 Å². The van der Waals surface area contributed by atoms with Gasteiger partial charge in [-0.05, 0) is 12.1 Å². The molecule has 2 aromatic rings. The van der Waals surface area contributed by atoms with Gasteiger partial charge in [0.1, 0.15) is 5.82 Å². The van der Waals surface area contributed by atoms with E-state index in [1.54, 1.807) is 18.2 Å². The molecule has 0 saturated carbocycles. The van der Waals surface area contributed by atoms with Gasteiger partial charge in [0.25, 0.3) is 5.91 Å². The molecule has 0 aliphatic carbocycles. The van der Waals surface area contributed by atoms with Crippen molar-refractivity contribution in [1.29, 1.82) is 0 Å². The number of imidazole rings is 1. The lowest BCUT2D eigenvalue weighted by Gasteiger charge is -2.19. The van der Waals surface area contributed by atoms with Crippen LogP contribution >= 0.6 is 0 Å². The summed E-state index contributed by atoms with van der Waals surface area (Å²) >= 11 is 0. The van der Waals surface area contributed by atoms with E-state index in [4.69, 9.17) is 9.47 Å². The van der Waals surface area contributed by atoms with E-state index in [1.807, 2.05) is 0 Å². The van der Waals surface area contributed by atoms with E-state index >= 15 is 0 Å². The highest BCUT2D eigenvalue weighted by molar-refractivity contribution is 5.97. The zero-order chi connectivity index (χ0) is 17.0. The second kappa shape index (κ2) is 7.08. The van der Waals surface area contributed by atoms with Crippen LogP contribution in [0.3, 0.4) is 0 Å². The predicted octanol–water partition coefficient (Wildman–Crippen LogP) is 2.57. The average molecular weight is 325 g/mol. The molecule has 0 bridgehead atoms. The first-order valence-corrected chi connectivity index (χ1v) is 6.76. The Morgan fingerprint density at radius 2 is 2.09 bits per heavy atom. The molecule has 0 aliphatic heterocycles. The molecule has 0 atom stereocenters. The van der Waals surface area contributed by atoms with Crippen LogP contribution in [0, 0.1) is 0 Å². The van der Waals surface area contributed by atoms with Crippen molar-refractivity contribution in [1.82, 2.24) is 14.5 Å². The molecule has 1 aromatic heterocycles. The van der Waals surface area contributed by atoms with Gasteiger partial charge in [-0.15, -0.1) is 0 Å². The SMILES string of the molecule is COc1cccc(C(=O)N(C)Cc2nccn2C(F)F)c1OC. The lowest BCUT2D eigenvalue weighted by molar-refractivity contribution is 0.0611. The maximum atomic E-state index is 12.8. The molecule has 6 nitrogen and oxygen atoms in total. The first-order valence-electron chi connectivity index (χ1n) is 6.76. The minimum absolute atomic E-state index is 0.0590. The third-order valence-electron chi connectivity index (χ3n) is 3.32. The highest BCUT2D eigenvalue weighted by Crippen LogP contribution is 2.31. The molecule has 0 saturated heterocycles. The minimum Gasteiger partial charge on any atom is -0.493 e. The molecule has 124 valence electrons. The molecule has 0 aliphatic rings. The van der Waals surface area contributed by atoms with Gasteiger partial charge in [-0.3, -0.25) is 9.36 Å². The zero-order valence-corrected chi connectivity index (χ0v) is 13.0. The van der Waals surface area contributed by atoms with E-state index in [2.05, 4.69) is 4.98 Å². The third kappa shape index (κ3) is 3.41.